The van der Waals surface area contributed by atoms with Gasteiger partial charge >= 0.3 is 0 Å². The van der Waals surface area contributed by atoms with Crippen molar-refractivity contribution in [1.82, 2.24) is 0 Å². The molecule has 1 aliphatic rings. The first-order valence-electron chi connectivity index (χ1n) is 7.86. The molecule has 0 spiro atoms. The maximum atomic E-state index is 5.25. The smallest absolute Gasteiger partial charge is 0.0116 e. The van der Waals surface area contributed by atoms with Crippen molar-refractivity contribution >= 4 is 17.7 Å². The molecule has 0 aromatic heterocycles. The Balaban J connectivity index is 1.89. The summed E-state index contributed by atoms with van der Waals surface area (Å²) < 4.78 is 0. The van der Waals surface area contributed by atoms with Crippen LogP contribution in [0.4, 0.5) is 0 Å². The average molecular weight is 284 g/mol. The highest BCUT2D eigenvalue weighted by atomic mass is 14.3. The Morgan fingerprint density at radius 2 is 1.64 bits per heavy atom. The average Bonchev–Trinajstić information content (AvgIpc) is 2.53. The molecule has 0 nitrogen and oxygen atoms in total. The number of benzene rings is 2. The van der Waals surface area contributed by atoms with Crippen LogP contribution in [-0.4, -0.2) is 0 Å². The molecule has 0 heteroatoms. The summed E-state index contributed by atoms with van der Waals surface area (Å²) in [5, 5.41) is 0. The Labute approximate surface area is 133 Å². The van der Waals surface area contributed by atoms with Crippen molar-refractivity contribution in [2.45, 2.75) is 19.3 Å². The minimum Gasteiger partial charge on any atom is -0.115 e. The largest absolute Gasteiger partial charge is 0.115 e. The lowest BCUT2D eigenvalue weighted by Crippen LogP contribution is -2.12. The second kappa shape index (κ2) is 6.96. The summed E-state index contributed by atoms with van der Waals surface area (Å²) in [5.41, 5.74) is 5.21. The molecular formula is C22H20. The molecule has 22 heavy (non-hydrogen) atoms. The second-order valence-corrected chi connectivity index (χ2v) is 5.76. The van der Waals surface area contributed by atoms with Crippen molar-refractivity contribution in [3.8, 4) is 12.3 Å². The monoisotopic (exact) mass is 284 g/mol. The number of allylic oxidation sites excluding steroid dienone is 2. The highest BCUT2D eigenvalue weighted by molar-refractivity contribution is 5.83. The van der Waals surface area contributed by atoms with Gasteiger partial charge in [0.05, 0.1) is 0 Å². The van der Waals surface area contributed by atoms with Gasteiger partial charge in [-0.25, -0.2) is 0 Å². The molecule has 0 bridgehead atoms. The summed E-state index contributed by atoms with van der Waals surface area (Å²) in [7, 11) is 0. The lowest BCUT2D eigenvalue weighted by atomic mass is 9.76. The summed E-state index contributed by atoms with van der Waals surface area (Å²) in [4.78, 5) is 0. The first-order chi connectivity index (χ1) is 10.9. The molecule has 2 aromatic rings. The van der Waals surface area contributed by atoms with E-state index in [1.807, 2.05) is 6.08 Å². The first-order valence-corrected chi connectivity index (χ1v) is 7.86. The number of rotatable bonds is 4. The minimum atomic E-state index is 0.711. The molecule has 1 saturated carbocycles. The Hall–Kier alpha value is -2.52. The molecule has 2 aromatic carbocycles. The Morgan fingerprint density at radius 3 is 2.23 bits per heavy atom. The van der Waals surface area contributed by atoms with E-state index in [2.05, 4.69) is 66.6 Å². The van der Waals surface area contributed by atoms with Crippen LogP contribution in [0, 0.1) is 18.3 Å². The number of hydrogen-bond acceptors (Lipinski definition) is 0. The highest BCUT2D eigenvalue weighted by Gasteiger charge is 2.22. The van der Waals surface area contributed by atoms with Crippen LogP contribution in [0.5, 0.6) is 0 Å². The van der Waals surface area contributed by atoms with Crippen molar-refractivity contribution in [3.05, 3.63) is 77.4 Å². The third kappa shape index (κ3) is 3.38. The Morgan fingerprint density at radius 1 is 0.955 bits per heavy atom. The third-order valence-corrected chi connectivity index (χ3v) is 4.28. The fourth-order valence-corrected chi connectivity index (χ4v) is 2.81. The molecule has 108 valence electrons. The Kier molecular flexibility index (Phi) is 4.56. The van der Waals surface area contributed by atoms with Gasteiger partial charge in [-0.15, -0.1) is 6.42 Å². The molecule has 1 fully saturated rings. The van der Waals surface area contributed by atoms with E-state index in [1.54, 1.807) is 6.08 Å². The minimum absolute atomic E-state index is 0.711. The van der Waals surface area contributed by atoms with E-state index in [4.69, 9.17) is 6.42 Å². The molecule has 3 rings (SSSR count). The molecule has 1 aliphatic carbocycles. The summed E-state index contributed by atoms with van der Waals surface area (Å²) in [6.45, 7) is 0. The van der Waals surface area contributed by atoms with Gasteiger partial charge < -0.3 is 0 Å². The van der Waals surface area contributed by atoms with Gasteiger partial charge in [0.25, 0.3) is 0 Å². The SMILES string of the molecule is C#C/C=C/c1ccc(/C=C(/c2ccccc2)C2CCC2)cc1. The zero-order chi connectivity index (χ0) is 15.2. The van der Waals surface area contributed by atoms with Crippen LogP contribution in [0.2, 0.25) is 0 Å². The highest BCUT2D eigenvalue weighted by Crippen LogP contribution is 2.39. The summed E-state index contributed by atoms with van der Waals surface area (Å²) >= 11 is 0. The van der Waals surface area contributed by atoms with Gasteiger partial charge in [-0.2, -0.15) is 0 Å². The van der Waals surface area contributed by atoms with E-state index in [9.17, 15) is 0 Å². The molecule has 0 radical (unpaired) electrons. The van der Waals surface area contributed by atoms with Crippen molar-refractivity contribution in [3.63, 3.8) is 0 Å². The number of terminal acetylenes is 1. The predicted octanol–water partition coefficient (Wildman–Crippen LogP) is 5.67. The standard InChI is InChI=1S/C22H20/c1-2-3-8-18-13-15-19(16-14-18)17-22(21-11-7-12-21)20-9-5-4-6-10-20/h1,3-6,8-10,13-17,21H,7,11-12H2/b8-3+,22-17-. The van der Waals surface area contributed by atoms with E-state index in [1.165, 1.54) is 36.0 Å². The lowest BCUT2D eigenvalue weighted by Gasteiger charge is -2.28. The molecule has 0 atom stereocenters. The van der Waals surface area contributed by atoms with Gasteiger partial charge in [-0.3, -0.25) is 0 Å². The van der Waals surface area contributed by atoms with E-state index in [0.717, 1.165) is 5.56 Å². The van der Waals surface area contributed by atoms with Crippen LogP contribution in [0.15, 0.2) is 60.7 Å². The van der Waals surface area contributed by atoms with Crippen LogP contribution in [0.3, 0.4) is 0 Å². The predicted molar refractivity (Wildman–Crippen MR) is 96.0 cm³/mol. The topological polar surface area (TPSA) is 0 Å². The maximum absolute atomic E-state index is 5.25. The van der Waals surface area contributed by atoms with E-state index in [0.29, 0.717) is 5.92 Å². The van der Waals surface area contributed by atoms with E-state index in [-0.39, 0.29) is 0 Å². The van der Waals surface area contributed by atoms with Gasteiger partial charge in [0.2, 0.25) is 0 Å². The molecule has 0 saturated heterocycles. The van der Waals surface area contributed by atoms with Crippen LogP contribution in [0.1, 0.15) is 36.0 Å². The summed E-state index contributed by atoms with van der Waals surface area (Å²) in [5.74, 6) is 3.23. The zero-order valence-corrected chi connectivity index (χ0v) is 12.7. The van der Waals surface area contributed by atoms with Crippen molar-refractivity contribution in [2.75, 3.05) is 0 Å². The first kappa shape index (κ1) is 14.4. The zero-order valence-electron chi connectivity index (χ0n) is 12.7. The summed E-state index contributed by atoms with van der Waals surface area (Å²) in [6.07, 6.45) is 15.2. The van der Waals surface area contributed by atoms with Crippen LogP contribution in [-0.2, 0) is 0 Å². The lowest BCUT2D eigenvalue weighted by molar-refractivity contribution is 0.401. The van der Waals surface area contributed by atoms with Gasteiger partial charge in [0.15, 0.2) is 0 Å². The Bertz CT molecular complexity index is 705. The van der Waals surface area contributed by atoms with Crippen molar-refractivity contribution in [2.24, 2.45) is 5.92 Å². The van der Waals surface area contributed by atoms with Crippen LogP contribution < -0.4 is 0 Å². The number of hydrogen-bond donors (Lipinski definition) is 0. The van der Waals surface area contributed by atoms with E-state index >= 15 is 0 Å². The normalized spacial score (nSPS) is 15.5. The third-order valence-electron chi connectivity index (χ3n) is 4.28. The van der Waals surface area contributed by atoms with Gasteiger partial charge in [-0.05, 0) is 53.2 Å². The molecular weight excluding hydrogens is 264 g/mol. The van der Waals surface area contributed by atoms with Gasteiger partial charge in [0, 0.05) is 0 Å². The quantitative estimate of drug-likeness (QED) is 0.501. The summed E-state index contributed by atoms with van der Waals surface area (Å²) in [6, 6.07) is 19.3. The fraction of sp³-hybridized carbons (Fsp3) is 0.182. The van der Waals surface area contributed by atoms with Crippen LogP contribution in [0.25, 0.3) is 17.7 Å². The molecule has 0 N–H and O–H groups in total. The van der Waals surface area contributed by atoms with E-state index < -0.39 is 0 Å². The maximum Gasteiger partial charge on any atom is -0.0116 e. The molecule has 0 aliphatic heterocycles. The van der Waals surface area contributed by atoms with Crippen LogP contribution >= 0.6 is 0 Å². The van der Waals surface area contributed by atoms with Gasteiger partial charge in [0.1, 0.15) is 0 Å². The van der Waals surface area contributed by atoms with Crippen molar-refractivity contribution < 1.29 is 0 Å². The van der Waals surface area contributed by atoms with Crippen molar-refractivity contribution in [1.29, 1.82) is 0 Å². The molecule has 0 unspecified atom stereocenters. The second-order valence-electron chi connectivity index (χ2n) is 5.76. The molecule has 0 heterocycles. The van der Waals surface area contributed by atoms with Gasteiger partial charge in [-0.1, -0.05) is 73.0 Å². The fourth-order valence-electron chi connectivity index (χ4n) is 2.81. The molecule has 0 amide bonds.